The van der Waals surface area contributed by atoms with E-state index in [0.29, 0.717) is 13.1 Å². The van der Waals surface area contributed by atoms with Gasteiger partial charge in [0.15, 0.2) is 17.5 Å². The predicted molar refractivity (Wildman–Crippen MR) is 72.0 cm³/mol. The maximum absolute atomic E-state index is 13.6. The van der Waals surface area contributed by atoms with Crippen LogP contribution < -0.4 is 10.5 Å². The van der Waals surface area contributed by atoms with Crippen molar-refractivity contribution < 1.29 is 8.78 Å². The average molecular weight is 280 g/mol. The zero-order valence-electron chi connectivity index (χ0n) is 11.0. The summed E-state index contributed by atoms with van der Waals surface area (Å²) in [4.78, 5) is 22.6. The number of benzene rings is 1. The molecule has 20 heavy (non-hydrogen) atoms. The molecule has 0 bridgehead atoms. The summed E-state index contributed by atoms with van der Waals surface area (Å²) in [6.07, 6.45) is 0. The van der Waals surface area contributed by atoms with Crippen molar-refractivity contribution in [3.8, 4) is 0 Å². The van der Waals surface area contributed by atoms with Crippen LogP contribution in [0.5, 0.6) is 0 Å². The Morgan fingerprint density at radius 1 is 1.20 bits per heavy atom. The minimum Gasteiger partial charge on any atom is -0.349 e. The molecule has 0 amide bonds. The molecule has 0 saturated carbocycles. The van der Waals surface area contributed by atoms with Gasteiger partial charge in [0.2, 0.25) is 0 Å². The van der Waals surface area contributed by atoms with E-state index in [1.807, 2.05) is 11.9 Å². The van der Waals surface area contributed by atoms with E-state index in [1.54, 1.807) is 0 Å². The van der Waals surface area contributed by atoms with Gasteiger partial charge in [0.25, 0.3) is 5.56 Å². The number of nitrogens with one attached hydrogen (secondary N) is 1. The molecule has 1 aliphatic heterocycles. The van der Waals surface area contributed by atoms with Crippen molar-refractivity contribution in [2.45, 2.75) is 0 Å². The van der Waals surface area contributed by atoms with Crippen LogP contribution in [0.25, 0.3) is 11.0 Å². The van der Waals surface area contributed by atoms with Crippen LogP contribution in [0.1, 0.15) is 0 Å². The Morgan fingerprint density at radius 2 is 1.90 bits per heavy atom. The van der Waals surface area contributed by atoms with Crippen molar-refractivity contribution in [2.24, 2.45) is 0 Å². The number of halogens is 2. The average Bonchev–Trinajstić information content (AvgIpc) is 2.44. The van der Waals surface area contributed by atoms with Gasteiger partial charge in [-0.15, -0.1) is 0 Å². The van der Waals surface area contributed by atoms with Crippen LogP contribution >= 0.6 is 0 Å². The van der Waals surface area contributed by atoms with E-state index in [2.05, 4.69) is 14.9 Å². The number of aromatic nitrogens is 2. The summed E-state index contributed by atoms with van der Waals surface area (Å²) in [5, 5.41) is 0. The van der Waals surface area contributed by atoms with Crippen molar-refractivity contribution in [3.63, 3.8) is 0 Å². The quantitative estimate of drug-likeness (QED) is 0.845. The zero-order valence-corrected chi connectivity index (χ0v) is 11.0. The number of H-pyrrole nitrogens is 1. The highest BCUT2D eigenvalue weighted by Crippen LogP contribution is 2.18. The summed E-state index contributed by atoms with van der Waals surface area (Å²) in [5.41, 5.74) is -0.433. The Morgan fingerprint density at radius 3 is 2.60 bits per heavy atom. The largest absolute Gasteiger partial charge is 0.349 e. The van der Waals surface area contributed by atoms with E-state index in [1.165, 1.54) is 6.07 Å². The highest BCUT2D eigenvalue weighted by Gasteiger charge is 2.19. The Kier molecular flexibility index (Phi) is 3.13. The van der Waals surface area contributed by atoms with Gasteiger partial charge in [-0.25, -0.2) is 13.8 Å². The maximum Gasteiger partial charge on any atom is 0.291 e. The number of fused-ring (bicyclic) bond motifs is 1. The topological polar surface area (TPSA) is 52.2 Å². The fourth-order valence-corrected chi connectivity index (χ4v) is 2.32. The van der Waals surface area contributed by atoms with Gasteiger partial charge in [-0.1, -0.05) is 0 Å². The van der Waals surface area contributed by atoms with Crippen LogP contribution in [0, 0.1) is 11.6 Å². The number of likely N-dealkylation sites (N-methyl/N-ethyl adjacent to an activating group) is 1. The van der Waals surface area contributed by atoms with E-state index < -0.39 is 17.2 Å². The molecule has 2 heterocycles. The number of hydrogen-bond acceptors (Lipinski definition) is 4. The second-order valence-corrected chi connectivity index (χ2v) is 4.94. The number of nitrogens with zero attached hydrogens (tertiary/aromatic N) is 3. The molecule has 1 fully saturated rings. The first-order valence-electron chi connectivity index (χ1n) is 6.38. The van der Waals surface area contributed by atoms with Crippen LogP contribution in [0.3, 0.4) is 0 Å². The SMILES string of the molecule is CN1CCN(c2nc3ccc(F)c(F)c3[nH]c2=O)CC1. The van der Waals surface area contributed by atoms with Crippen LogP contribution in [0.2, 0.25) is 0 Å². The first kappa shape index (κ1) is 13.0. The molecule has 1 aliphatic rings. The lowest BCUT2D eigenvalue weighted by Gasteiger charge is -2.32. The summed E-state index contributed by atoms with van der Waals surface area (Å²) in [5.74, 6) is -1.81. The highest BCUT2D eigenvalue weighted by molar-refractivity contribution is 5.76. The summed E-state index contributed by atoms with van der Waals surface area (Å²) in [6, 6.07) is 2.38. The Balaban J connectivity index is 2.07. The normalized spacial score (nSPS) is 16.9. The van der Waals surface area contributed by atoms with Crippen LogP contribution in [0.15, 0.2) is 16.9 Å². The fourth-order valence-electron chi connectivity index (χ4n) is 2.32. The van der Waals surface area contributed by atoms with Gasteiger partial charge >= 0.3 is 0 Å². The number of anilines is 1. The number of aromatic amines is 1. The van der Waals surface area contributed by atoms with Crippen molar-refractivity contribution in [2.75, 3.05) is 38.1 Å². The third-order valence-electron chi connectivity index (χ3n) is 3.54. The summed E-state index contributed by atoms with van der Waals surface area (Å²) >= 11 is 0. The first-order valence-corrected chi connectivity index (χ1v) is 6.38. The van der Waals surface area contributed by atoms with Gasteiger partial charge in [-0.2, -0.15) is 0 Å². The summed E-state index contributed by atoms with van der Waals surface area (Å²) < 4.78 is 26.7. The third-order valence-corrected chi connectivity index (χ3v) is 3.54. The van der Waals surface area contributed by atoms with Gasteiger partial charge in [-0.3, -0.25) is 4.79 Å². The number of rotatable bonds is 1. The molecule has 3 rings (SSSR count). The molecule has 0 unspecified atom stereocenters. The summed E-state index contributed by atoms with van der Waals surface area (Å²) in [6.45, 7) is 3.03. The molecule has 1 N–H and O–H groups in total. The second-order valence-electron chi connectivity index (χ2n) is 4.94. The molecule has 7 heteroatoms. The molecule has 0 radical (unpaired) electrons. The van der Waals surface area contributed by atoms with Gasteiger partial charge in [-0.05, 0) is 19.2 Å². The van der Waals surface area contributed by atoms with Gasteiger partial charge in [0.1, 0.15) is 5.52 Å². The maximum atomic E-state index is 13.6. The molecule has 5 nitrogen and oxygen atoms in total. The zero-order chi connectivity index (χ0) is 14.3. The van der Waals surface area contributed by atoms with Crippen molar-refractivity contribution in [3.05, 3.63) is 34.1 Å². The lowest BCUT2D eigenvalue weighted by Crippen LogP contribution is -2.46. The molecule has 0 spiro atoms. The van der Waals surface area contributed by atoms with E-state index >= 15 is 0 Å². The molecule has 2 aromatic rings. The Labute approximate surface area is 113 Å². The predicted octanol–water partition coefficient (Wildman–Crippen LogP) is 0.953. The molecule has 1 aromatic carbocycles. The fraction of sp³-hybridized carbons (Fsp3) is 0.385. The molecule has 1 saturated heterocycles. The second kappa shape index (κ2) is 4.82. The molecular weight excluding hydrogens is 266 g/mol. The highest BCUT2D eigenvalue weighted by atomic mass is 19.2. The smallest absolute Gasteiger partial charge is 0.291 e. The number of hydrogen-bond donors (Lipinski definition) is 1. The van der Waals surface area contributed by atoms with Crippen molar-refractivity contribution >= 4 is 16.9 Å². The van der Waals surface area contributed by atoms with E-state index in [-0.39, 0.29) is 16.9 Å². The molecule has 0 aliphatic carbocycles. The summed E-state index contributed by atoms with van der Waals surface area (Å²) in [7, 11) is 2.01. The van der Waals surface area contributed by atoms with E-state index in [0.717, 1.165) is 19.2 Å². The van der Waals surface area contributed by atoms with Crippen LogP contribution in [0.4, 0.5) is 14.6 Å². The molecule has 1 aromatic heterocycles. The van der Waals surface area contributed by atoms with Gasteiger partial charge < -0.3 is 14.8 Å². The third kappa shape index (κ3) is 2.14. The van der Waals surface area contributed by atoms with E-state index in [4.69, 9.17) is 0 Å². The minimum absolute atomic E-state index is 0.187. The Bertz CT molecular complexity index is 707. The lowest BCUT2D eigenvalue weighted by atomic mass is 10.2. The standard InChI is InChI=1S/C13H14F2N4O/c1-18-4-6-19(7-5-18)12-13(20)17-11-9(16-12)3-2-8(14)10(11)15/h2-3H,4-7H2,1H3,(H,17,20). The first-order chi connectivity index (χ1) is 9.56. The van der Waals surface area contributed by atoms with Gasteiger partial charge in [0.05, 0.1) is 5.52 Å². The minimum atomic E-state index is -1.07. The molecule has 0 atom stereocenters. The lowest BCUT2D eigenvalue weighted by molar-refractivity contribution is 0.312. The molecule has 106 valence electrons. The molecular formula is C13H14F2N4O. The number of piperazine rings is 1. The van der Waals surface area contributed by atoms with Gasteiger partial charge in [0, 0.05) is 26.2 Å². The Hall–Kier alpha value is -2.02. The van der Waals surface area contributed by atoms with Crippen LogP contribution in [-0.4, -0.2) is 48.1 Å². The van der Waals surface area contributed by atoms with Crippen molar-refractivity contribution in [1.82, 2.24) is 14.9 Å². The monoisotopic (exact) mass is 280 g/mol. The van der Waals surface area contributed by atoms with E-state index in [9.17, 15) is 13.6 Å². The van der Waals surface area contributed by atoms with Crippen LogP contribution in [-0.2, 0) is 0 Å². The van der Waals surface area contributed by atoms with Crippen molar-refractivity contribution in [1.29, 1.82) is 0 Å².